The van der Waals surface area contributed by atoms with Crippen molar-refractivity contribution in [3.63, 3.8) is 0 Å². The molecule has 1 saturated carbocycles. The Morgan fingerprint density at radius 1 is 1.17 bits per heavy atom. The number of nitrogens with zero attached hydrogens (tertiary/aromatic N) is 1. The molecule has 5 rings (SSSR count). The third kappa shape index (κ3) is 4.59. The minimum Gasteiger partial charge on any atom is -0.393 e. The van der Waals surface area contributed by atoms with E-state index in [0.29, 0.717) is 36.1 Å². The molecule has 1 unspecified atom stereocenters. The third-order valence-corrected chi connectivity index (χ3v) is 7.35. The highest BCUT2D eigenvalue weighted by Crippen LogP contribution is 2.49. The summed E-state index contributed by atoms with van der Waals surface area (Å²) >= 11 is 0. The number of carbonyl (C=O) groups excluding carboxylic acids is 2. The van der Waals surface area contributed by atoms with E-state index in [1.807, 2.05) is 19.1 Å². The second-order valence-electron chi connectivity index (χ2n) is 10.00. The lowest BCUT2D eigenvalue weighted by atomic mass is 9.88. The van der Waals surface area contributed by atoms with Gasteiger partial charge in [0.25, 0.3) is 0 Å². The topological polar surface area (TPSA) is 69.6 Å². The van der Waals surface area contributed by atoms with Crippen LogP contribution in [0.3, 0.4) is 0 Å². The average molecular weight is 485 g/mol. The number of aliphatic hydroxyl groups excluding tert-OH is 1. The van der Waals surface area contributed by atoms with Gasteiger partial charge in [-0.15, -0.1) is 0 Å². The number of hydrogen-bond donors (Lipinski definition) is 2. The van der Waals surface area contributed by atoms with E-state index in [4.69, 9.17) is 0 Å². The fourth-order valence-electron chi connectivity index (χ4n) is 4.99. The van der Waals surface area contributed by atoms with E-state index in [1.165, 1.54) is 17.0 Å². The van der Waals surface area contributed by atoms with Gasteiger partial charge >= 0.3 is 6.18 Å². The number of fused-ring (bicyclic) bond motifs is 2. The average Bonchev–Trinajstić information content (AvgIpc) is 3.57. The molecule has 35 heavy (non-hydrogen) atoms. The molecule has 1 heterocycles. The molecule has 1 fully saturated rings. The van der Waals surface area contributed by atoms with Crippen LogP contribution in [0, 0.1) is 5.41 Å². The lowest BCUT2D eigenvalue weighted by Gasteiger charge is -2.33. The Bertz CT molecular complexity index is 1230. The first-order chi connectivity index (χ1) is 16.5. The molecule has 184 valence electrons. The molecular weight excluding hydrogens is 457 g/mol. The summed E-state index contributed by atoms with van der Waals surface area (Å²) in [5.41, 5.74) is 2.52. The minimum atomic E-state index is -4.54. The first-order valence-corrected chi connectivity index (χ1v) is 11.9. The molecule has 2 aliphatic carbocycles. The number of amides is 2. The van der Waals surface area contributed by atoms with Crippen molar-refractivity contribution in [1.82, 2.24) is 0 Å². The summed E-state index contributed by atoms with van der Waals surface area (Å²) in [6, 6.07) is 8.99. The summed E-state index contributed by atoms with van der Waals surface area (Å²) in [4.78, 5) is 27.5. The van der Waals surface area contributed by atoms with Crippen LogP contribution in [-0.4, -0.2) is 29.6 Å². The molecule has 1 atom stereocenters. The highest BCUT2D eigenvalue weighted by atomic mass is 19.4. The Morgan fingerprint density at radius 3 is 2.66 bits per heavy atom. The molecule has 0 saturated heterocycles. The normalized spacial score (nSPS) is 21.8. The van der Waals surface area contributed by atoms with E-state index < -0.39 is 29.2 Å². The molecule has 5 nitrogen and oxygen atoms in total. The summed E-state index contributed by atoms with van der Waals surface area (Å²) in [6.07, 6.45) is 0.0897. The second kappa shape index (κ2) is 8.52. The highest BCUT2D eigenvalue weighted by Gasteiger charge is 2.48. The number of benzene rings is 2. The van der Waals surface area contributed by atoms with E-state index in [2.05, 4.69) is 5.32 Å². The van der Waals surface area contributed by atoms with Crippen LogP contribution < -0.4 is 10.2 Å². The molecule has 2 N–H and O–H groups in total. The fourth-order valence-corrected chi connectivity index (χ4v) is 4.99. The van der Waals surface area contributed by atoms with Gasteiger partial charge < -0.3 is 15.3 Å². The number of aryl methyl sites for hydroxylation is 1. The molecule has 1 aliphatic heterocycles. The quantitative estimate of drug-likeness (QED) is 0.595. The van der Waals surface area contributed by atoms with Gasteiger partial charge in [-0.2, -0.15) is 13.2 Å². The molecule has 0 bridgehead atoms. The number of alkyl halides is 3. The summed E-state index contributed by atoms with van der Waals surface area (Å²) < 4.78 is 40.3. The molecule has 0 spiro atoms. The lowest BCUT2D eigenvalue weighted by molar-refractivity contribution is -0.137. The maximum absolute atomic E-state index is 13.4. The predicted molar refractivity (Wildman–Crippen MR) is 127 cm³/mol. The number of rotatable bonds is 3. The Kier molecular flexibility index (Phi) is 5.74. The second-order valence-corrected chi connectivity index (χ2v) is 10.00. The van der Waals surface area contributed by atoms with Crippen LogP contribution in [0.25, 0.3) is 5.57 Å². The standard InChI is InChI=1S/C27H27F3N2O3/c1-26(10-11-26)25(35)32-12-9-17(20-8-6-18(14-23(20)32)27(28,29)30)13-24(34)31-22-4-2-3-16-5-7-19(33)15-21(16)22/h2-4,6,8,13-14,19,33H,5,7,9-12,15H2,1H3,(H,31,34)/b17-13+. The number of aliphatic hydroxyl groups is 1. The Balaban J connectivity index is 1.46. The zero-order chi connectivity index (χ0) is 25.0. The molecule has 3 aliphatic rings. The van der Waals surface area contributed by atoms with Crippen molar-refractivity contribution in [2.75, 3.05) is 16.8 Å². The van der Waals surface area contributed by atoms with E-state index in [9.17, 15) is 27.9 Å². The van der Waals surface area contributed by atoms with Crippen LogP contribution in [0.1, 0.15) is 54.9 Å². The molecule has 8 heteroatoms. The van der Waals surface area contributed by atoms with Crippen molar-refractivity contribution in [3.05, 3.63) is 64.7 Å². The van der Waals surface area contributed by atoms with Gasteiger partial charge in [-0.25, -0.2) is 0 Å². The van der Waals surface area contributed by atoms with Crippen LogP contribution in [0.15, 0.2) is 42.5 Å². The van der Waals surface area contributed by atoms with Crippen molar-refractivity contribution in [2.45, 2.75) is 57.7 Å². The SMILES string of the molecule is CC1(C(=O)N2CC/C(=C\C(=O)Nc3cccc4c3CC(O)CC4)c3ccc(C(F)(F)F)cc32)CC1. The first-order valence-electron chi connectivity index (χ1n) is 11.9. The van der Waals surface area contributed by atoms with Gasteiger partial charge in [-0.3, -0.25) is 9.59 Å². The van der Waals surface area contributed by atoms with E-state index in [1.54, 1.807) is 6.07 Å². The smallest absolute Gasteiger partial charge is 0.393 e. The molecule has 0 aromatic heterocycles. The zero-order valence-electron chi connectivity index (χ0n) is 19.4. The van der Waals surface area contributed by atoms with Crippen molar-refractivity contribution in [3.8, 4) is 0 Å². The van der Waals surface area contributed by atoms with Crippen molar-refractivity contribution in [1.29, 1.82) is 0 Å². The van der Waals surface area contributed by atoms with Gasteiger partial charge in [0, 0.05) is 35.7 Å². The number of hydrogen-bond acceptors (Lipinski definition) is 3. The third-order valence-electron chi connectivity index (χ3n) is 7.35. The maximum atomic E-state index is 13.4. The van der Waals surface area contributed by atoms with Crippen LogP contribution in [0.4, 0.5) is 24.5 Å². The number of anilines is 2. The largest absolute Gasteiger partial charge is 0.416 e. The maximum Gasteiger partial charge on any atom is 0.416 e. The minimum absolute atomic E-state index is 0.170. The molecule has 2 amide bonds. The molecule has 2 aromatic rings. The van der Waals surface area contributed by atoms with Gasteiger partial charge in [0.1, 0.15) is 0 Å². The van der Waals surface area contributed by atoms with E-state index >= 15 is 0 Å². The van der Waals surface area contributed by atoms with Gasteiger partial charge in [0.15, 0.2) is 0 Å². The van der Waals surface area contributed by atoms with Crippen molar-refractivity contribution < 1.29 is 27.9 Å². The number of halogens is 3. The van der Waals surface area contributed by atoms with Gasteiger partial charge in [0.2, 0.25) is 11.8 Å². The zero-order valence-corrected chi connectivity index (χ0v) is 19.4. The fraction of sp³-hybridized carbons (Fsp3) is 0.407. The van der Waals surface area contributed by atoms with Gasteiger partial charge in [-0.05, 0) is 67.0 Å². The molecule has 0 radical (unpaired) electrons. The Labute approximate surface area is 201 Å². The monoisotopic (exact) mass is 484 g/mol. The predicted octanol–water partition coefficient (Wildman–Crippen LogP) is 5.11. The van der Waals surface area contributed by atoms with Crippen molar-refractivity contribution >= 4 is 28.8 Å². The Morgan fingerprint density at radius 2 is 1.94 bits per heavy atom. The number of carbonyl (C=O) groups is 2. The van der Waals surface area contributed by atoms with Crippen LogP contribution in [0.2, 0.25) is 0 Å². The van der Waals surface area contributed by atoms with E-state index in [0.717, 1.165) is 42.5 Å². The van der Waals surface area contributed by atoms with E-state index in [-0.39, 0.29) is 18.1 Å². The van der Waals surface area contributed by atoms with Crippen LogP contribution in [0.5, 0.6) is 0 Å². The summed E-state index contributed by atoms with van der Waals surface area (Å²) in [7, 11) is 0. The summed E-state index contributed by atoms with van der Waals surface area (Å²) in [5.74, 6) is -0.565. The summed E-state index contributed by atoms with van der Waals surface area (Å²) in [6.45, 7) is 2.05. The molecular formula is C27H27F3N2O3. The number of nitrogens with one attached hydrogen (secondary N) is 1. The van der Waals surface area contributed by atoms with Crippen molar-refractivity contribution in [2.24, 2.45) is 5.41 Å². The Hall–Kier alpha value is -3.13. The van der Waals surface area contributed by atoms with Crippen LogP contribution >= 0.6 is 0 Å². The van der Waals surface area contributed by atoms with Crippen LogP contribution in [-0.2, 0) is 28.6 Å². The summed E-state index contributed by atoms with van der Waals surface area (Å²) in [5, 5.41) is 12.9. The lowest BCUT2D eigenvalue weighted by Crippen LogP contribution is -2.39. The first kappa shape index (κ1) is 23.6. The molecule has 2 aromatic carbocycles. The highest BCUT2D eigenvalue weighted by molar-refractivity contribution is 6.08. The van der Waals surface area contributed by atoms with Gasteiger partial charge in [0.05, 0.1) is 17.4 Å². The van der Waals surface area contributed by atoms with Gasteiger partial charge in [-0.1, -0.05) is 25.1 Å².